The summed E-state index contributed by atoms with van der Waals surface area (Å²) in [5, 5.41) is 11.0. The lowest BCUT2D eigenvalue weighted by Gasteiger charge is -2.06. The molecule has 0 aliphatic heterocycles. The highest BCUT2D eigenvalue weighted by Gasteiger charge is 2.11. The molecule has 2 amide bonds. The molecule has 1 heterocycles. The van der Waals surface area contributed by atoms with Crippen molar-refractivity contribution in [2.24, 2.45) is 0 Å². The number of hydrogen-bond donors (Lipinski definition) is 2. The predicted molar refractivity (Wildman–Crippen MR) is 100 cm³/mol. The van der Waals surface area contributed by atoms with Gasteiger partial charge >= 0.3 is 0 Å². The van der Waals surface area contributed by atoms with Crippen molar-refractivity contribution < 1.29 is 14.1 Å². The zero-order valence-electron chi connectivity index (χ0n) is 14.0. The van der Waals surface area contributed by atoms with Gasteiger partial charge in [0.1, 0.15) is 5.69 Å². The van der Waals surface area contributed by atoms with Crippen LogP contribution in [-0.2, 0) is 16.0 Å². The molecular weight excluding hydrogens is 354 g/mol. The van der Waals surface area contributed by atoms with Crippen LogP contribution < -0.4 is 10.6 Å². The van der Waals surface area contributed by atoms with Crippen LogP contribution in [0.2, 0.25) is 5.02 Å². The molecule has 0 radical (unpaired) electrons. The topological polar surface area (TPSA) is 84.2 Å². The second-order valence-electron chi connectivity index (χ2n) is 5.81. The van der Waals surface area contributed by atoms with Crippen molar-refractivity contribution in [3.8, 4) is 0 Å². The average molecular weight is 372 g/mol. The molecule has 26 heavy (non-hydrogen) atoms. The molecule has 0 bridgehead atoms. The number of carbonyl (C=O) groups is 2. The summed E-state index contributed by atoms with van der Waals surface area (Å²) in [6.45, 7) is 0.419. The fraction of sp³-hybridized carbons (Fsp3) is 0.211. The summed E-state index contributed by atoms with van der Waals surface area (Å²) in [6.07, 6.45) is 1.01. The standard InChI is InChI=1S/C19H18ClN3O3/c20-13-7-9-14(10-8-13)22-18(24)6-3-11-21-19(25)12-16-15-4-1-2-5-17(15)26-23-16/h1-2,4-5,7-10H,3,6,11-12H2,(H,21,25)(H,22,24). The van der Waals surface area contributed by atoms with Gasteiger partial charge in [0.05, 0.1) is 6.42 Å². The minimum absolute atomic E-state index is 0.107. The Bertz CT molecular complexity index is 906. The van der Waals surface area contributed by atoms with Crippen LogP contribution in [0, 0.1) is 0 Å². The summed E-state index contributed by atoms with van der Waals surface area (Å²) in [6, 6.07) is 14.3. The zero-order chi connectivity index (χ0) is 18.4. The van der Waals surface area contributed by atoms with E-state index in [1.165, 1.54) is 0 Å². The van der Waals surface area contributed by atoms with E-state index < -0.39 is 0 Å². The van der Waals surface area contributed by atoms with Crippen LogP contribution in [0.1, 0.15) is 18.5 Å². The van der Waals surface area contributed by atoms with E-state index in [-0.39, 0.29) is 18.2 Å². The third-order valence-electron chi connectivity index (χ3n) is 3.81. The van der Waals surface area contributed by atoms with E-state index in [1.807, 2.05) is 24.3 Å². The molecule has 0 aliphatic carbocycles. The molecule has 6 nitrogen and oxygen atoms in total. The van der Waals surface area contributed by atoms with E-state index in [4.69, 9.17) is 16.1 Å². The van der Waals surface area contributed by atoms with Gasteiger partial charge in [-0.3, -0.25) is 9.59 Å². The van der Waals surface area contributed by atoms with Gasteiger partial charge in [-0.05, 0) is 42.8 Å². The lowest BCUT2D eigenvalue weighted by Crippen LogP contribution is -2.27. The monoisotopic (exact) mass is 371 g/mol. The van der Waals surface area contributed by atoms with E-state index in [9.17, 15) is 9.59 Å². The Kier molecular flexibility index (Phi) is 5.86. The minimum Gasteiger partial charge on any atom is -0.356 e. The summed E-state index contributed by atoms with van der Waals surface area (Å²) in [4.78, 5) is 23.9. The fourth-order valence-electron chi connectivity index (χ4n) is 2.51. The Labute approximate surface area is 155 Å². The van der Waals surface area contributed by atoms with Crippen molar-refractivity contribution in [1.82, 2.24) is 10.5 Å². The summed E-state index contributed by atoms with van der Waals surface area (Å²) < 4.78 is 5.18. The number of fused-ring (bicyclic) bond motifs is 1. The number of hydrogen-bond acceptors (Lipinski definition) is 4. The number of benzene rings is 2. The number of para-hydroxylation sites is 1. The van der Waals surface area contributed by atoms with Crippen molar-refractivity contribution >= 4 is 40.1 Å². The molecule has 0 saturated carbocycles. The largest absolute Gasteiger partial charge is 0.356 e. The molecule has 3 rings (SSSR count). The molecule has 0 spiro atoms. The Balaban J connectivity index is 1.38. The van der Waals surface area contributed by atoms with E-state index in [0.717, 1.165) is 5.39 Å². The van der Waals surface area contributed by atoms with Crippen molar-refractivity contribution in [2.45, 2.75) is 19.3 Å². The van der Waals surface area contributed by atoms with Gasteiger partial charge in [-0.2, -0.15) is 0 Å². The van der Waals surface area contributed by atoms with Gasteiger partial charge in [0.25, 0.3) is 0 Å². The van der Waals surface area contributed by atoms with E-state index in [0.29, 0.717) is 41.4 Å². The second-order valence-corrected chi connectivity index (χ2v) is 6.25. The third kappa shape index (κ3) is 4.83. The number of nitrogens with one attached hydrogen (secondary N) is 2. The average Bonchev–Trinajstić information content (AvgIpc) is 3.04. The molecule has 1 aromatic heterocycles. The first-order chi connectivity index (χ1) is 12.6. The number of halogens is 1. The quantitative estimate of drug-likeness (QED) is 0.622. The molecule has 0 atom stereocenters. The van der Waals surface area contributed by atoms with Crippen LogP contribution in [0.25, 0.3) is 11.0 Å². The smallest absolute Gasteiger partial charge is 0.226 e. The van der Waals surface area contributed by atoms with E-state index >= 15 is 0 Å². The lowest BCUT2D eigenvalue weighted by atomic mass is 10.1. The normalized spacial score (nSPS) is 10.7. The lowest BCUT2D eigenvalue weighted by molar-refractivity contribution is -0.121. The van der Waals surface area contributed by atoms with Crippen LogP contribution in [0.4, 0.5) is 5.69 Å². The highest BCUT2D eigenvalue weighted by Crippen LogP contribution is 2.18. The van der Waals surface area contributed by atoms with Crippen LogP contribution in [-0.4, -0.2) is 23.5 Å². The number of rotatable bonds is 7. The molecule has 0 unspecified atom stereocenters. The van der Waals surface area contributed by atoms with Crippen LogP contribution in [0.3, 0.4) is 0 Å². The van der Waals surface area contributed by atoms with Crippen LogP contribution >= 0.6 is 11.6 Å². The summed E-state index contributed by atoms with van der Waals surface area (Å²) >= 11 is 5.80. The second kappa shape index (κ2) is 8.49. The number of aromatic nitrogens is 1. The maximum atomic E-state index is 12.0. The Morgan fingerprint density at radius 2 is 1.81 bits per heavy atom. The maximum absolute atomic E-state index is 12.0. The zero-order valence-corrected chi connectivity index (χ0v) is 14.8. The van der Waals surface area contributed by atoms with Crippen molar-refractivity contribution in [1.29, 1.82) is 0 Å². The highest BCUT2D eigenvalue weighted by molar-refractivity contribution is 6.30. The molecule has 0 saturated heterocycles. The van der Waals surface area contributed by atoms with E-state index in [1.54, 1.807) is 24.3 Å². The first-order valence-corrected chi connectivity index (χ1v) is 8.65. The van der Waals surface area contributed by atoms with Crippen molar-refractivity contribution in [2.75, 3.05) is 11.9 Å². The molecule has 0 fully saturated rings. The van der Waals surface area contributed by atoms with Gasteiger partial charge in [-0.1, -0.05) is 28.9 Å². The molecule has 7 heteroatoms. The van der Waals surface area contributed by atoms with Gasteiger partial charge in [-0.15, -0.1) is 0 Å². The molecule has 3 aromatic rings. The van der Waals surface area contributed by atoms with Crippen LogP contribution in [0.15, 0.2) is 53.1 Å². The SMILES string of the molecule is O=C(Cc1noc2ccccc12)NCCCC(=O)Nc1ccc(Cl)cc1. The van der Waals surface area contributed by atoms with Gasteiger partial charge in [0.2, 0.25) is 11.8 Å². The highest BCUT2D eigenvalue weighted by atomic mass is 35.5. The van der Waals surface area contributed by atoms with E-state index in [2.05, 4.69) is 15.8 Å². The maximum Gasteiger partial charge on any atom is 0.226 e. The first kappa shape index (κ1) is 17.9. The Hall–Kier alpha value is -2.86. The van der Waals surface area contributed by atoms with Crippen molar-refractivity contribution in [3.63, 3.8) is 0 Å². The molecule has 0 aliphatic rings. The molecule has 2 aromatic carbocycles. The summed E-state index contributed by atoms with van der Waals surface area (Å²) in [5.74, 6) is -0.258. The van der Waals surface area contributed by atoms with Crippen molar-refractivity contribution in [3.05, 3.63) is 59.2 Å². The fourth-order valence-corrected chi connectivity index (χ4v) is 2.64. The minimum atomic E-state index is -0.151. The van der Waals surface area contributed by atoms with Gasteiger partial charge < -0.3 is 15.2 Å². The van der Waals surface area contributed by atoms with Gasteiger partial charge in [0, 0.05) is 29.1 Å². The van der Waals surface area contributed by atoms with Gasteiger partial charge in [0.15, 0.2) is 5.58 Å². The molecule has 2 N–H and O–H groups in total. The predicted octanol–water partition coefficient (Wildman–Crippen LogP) is 3.56. The molecule has 134 valence electrons. The Morgan fingerprint density at radius 3 is 2.62 bits per heavy atom. The third-order valence-corrected chi connectivity index (χ3v) is 4.06. The van der Waals surface area contributed by atoms with Crippen LogP contribution in [0.5, 0.6) is 0 Å². The summed E-state index contributed by atoms with van der Waals surface area (Å²) in [5.41, 5.74) is 1.97. The number of carbonyl (C=O) groups excluding carboxylic acids is 2. The number of nitrogens with zero attached hydrogens (tertiary/aromatic N) is 1. The first-order valence-electron chi connectivity index (χ1n) is 8.27. The number of anilines is 1. The summed E-state index contributed by atoms with van der Waals surface area (Å²) in [7, 11) is 0. The number of amides is 2. The van der Waals surface area contributed by atoms with Gasteiger partial charge in [-0.25, -0.2) is 0 Å². The molecular formula is C19H18ClN3O3. The Morgan fingerprint density at radius 1 is 1.04 bits per heavy atom.